The van der Waals surface area contributed by atoms with Crippen molar-refractivity contribution in [2.75, 3.05) is 5.73 Å². The molecular weight excluding hydrogens is 142 g/mol. The van der Waals surface area contributed by atoms with Gasteiger partial charge in [-0.25, -0.2) is 0 Å². The van der Waals surface area contributed by atoms with E-state index >= 15 is 0 Å². The van der Waals surface area contributed by atoms with E-state index in [0.717, 1.165) is 0 Å². The van der Waals surface area contributed by atoms with Gasteiger partial charge in [-0.15, -0.1) is 5.10 Å². The lowest BCUT2D eigenvalue weighted by molar-refractivity contribution is 0.725. The smallest absolute Gasteiger partial charge is 0.239 e. The first-order valence-electron chi connectivity index (χ1n) is 3.28. The second-order valence-electron chi connectivity index (χ2n) is 2.34. The Balaban J connectivity index is 2.70. The number of nitriles is 1. The van der Waals surface area contributed by atoms with E-state index in [-0.39, 0.29) is 11.9 Å². The van der Waals surface area contributed by atoms with Crippen LogP contribution in [0, 0.1) is 11.3 Å². The summed E-state index contributed by atoms with van der Waals surface area (Å²) in [6, 6.07) is 2.05. The maximum absolute atomic E-state index is 8.36. The quantitative estimate of drug-likeness (QED) is 0.640. The molecule has 1 rings (SSSR count). The SMILES string of the molecule is C[C@@H](CC#N)c1nc(N)n[nH]1. The minimum atomic E-state index is 0.0739. The Morgan fingerprint density at radius 3 is 3.00 bits per heavy atom. The number of nitrogens with two attached hydrogens (primary N) is 1. The first-order chi connectivity index (χ1) is 5.24. The molecule has 0 aliphatic rings. The number of nitrogens with one attached hydrogen (secondary N) is 1. The van der Waals surface area contributed by atoms with Gasteiger partial charge in [-0.3, -0.25) is 5.10 Å². The predicted octanol–water partition coefficient (Wildman–Crippen LogP) is 0.404. The maximum Gasteiger partial charge on any atom is 0.239 e. The lowest BCUT2D eigenvalue weighted by Gasteiger charge is -1.98. The third-order valence-electron chi connectivity index (χ3n) is 1.38. The number of aromatic nitrogens is 3. The van der Waals surface area contributed by atoms with Crippen molar-refractivity contribution in [1.29, 1.82) is 5.26 Å². The Kier molecular flexibility index (Phi) is 2.06. The van der Waals surface area contributed by atoms with Gasteiger partial charge in [-0.05, 0) is 0 Å². The normalized spacial score (nSPS) is 12.4. The van der Waals surface area contributed by atoms with Crippen LogP contribution in [0.2, 0.25) is 0 Å². The van der Waals surface area contributed by atoms with Crippen LogP contribution in [-0.4, -0.2) is 15.2 Å². The third kappa shape index (κ3) is 1.67. The molecule has 5 nitrogen and oxygen atoms in total. The highest BCUT2D eigenvalue weighted by Crippen LogP contribution is 2.13. The Morgan fingerprint density at radius 1 is 1.82 bits per heavy atom. The second kappa shape index (κ2) is 3.01. The number of rotatable bonds is 2. The summed E-state index contributed by atoms with van der Waals surface area (Å²) in [5.41, 5.74) is 5.28. The van der Waals surface area contributed by atoms with E-state index in [2.05, 4.69) is 15.2 Å². The standard InChI is InChI=1S/C6H9N5/c1-4(2-3-7)5-9-6(8)11-10-5/h4H,2H2,1H3,(H3,8,9,10,11)/t4-/m0/s1. The van der Waals surface area contributed by atoms with Crippen LogP contribution in [0.4, 0.5) is 5.95 Å². The topological polar surface area (TPSA) is 91.4 Å². The van der Waals surface area contributed by atoms with Crippen LogP contribution in [0.3, 0.4) is 0 Å². The molecule has 0 aliphatic carbocycles. The Hall–Kier alpha value is -1.57. The van der Waals surface area contributed by atoms with Crippen molar-refractivity contribution in [3.05, 3.63) is 5.82 Å². The molecule has 0 aromatic carbocycles. The van der Waals surface area contributed by atoms with E-state index < -0.39 is 0 Å². The molecule has 1 heterocycles. The molecule has 0 unspecified atom stereocenters. The summed E-state index contributed by atoms with van der Waals surface area (Å²) in [5.74, 6) is 0.971. The van der Waals surface area contributed by atoms with Gasteiger partial charge >= 0.3 is 0 Å². The Labute approximate surface area is 64.2 Å². The highest BCUT2D eigenvalue weighted by Gasteiger charge is 2.08. The molecule has 58 valence electrons. The molecule has 0 spiro atoms. The van der Waals surface area contributed by atoms with Crippen molar-refractivity contribution in [2.45, 2.75) is 19.3 Å². The molecule has 0 fully saturated rings. The van der Waals surface area contributed by atoms with Gasteiger partial charge in [0.05, 0.1) is 6.07 Å². The summed E-state index contributed by atoms with van der Waals surface area (Å²) in [6.07, 6.45) is 0.425. The summed E-state index contributed by atoms with van der Waals surface area (Å²) >= 11 is 0. The summed E-state index contributed by atoms with van der Waals surface area (Å²) in [5, 5.41) is 14.7. The first kappa shape index (κ1) is 7.54. The second-order valence-corrected chi connectivity index (χ2v) is 2.34. The molecule has 0 saturated heterocycles. The number of hydrogen-bond donors (Lipinski definition) is 2. The van der Waals surface area contributed by atoms with Gasteiger partial charge in [0, 0.05) is 12.3 Å². The highest BCUT2D eigenvalue weighted by atomic mass is 15.3. The lowest BCUT2D eigenvalue weighted by Crippen LogP contribution is -1.95. The summed E-state index contributed by atoms with van der Waals surface area (Å²) in [7, 11) is 0. The molecule has 0 radical (unpaired) electrons. The molecule has 11 heavy (non-hydrogen) atoms. The van der Waals surface area contributed by atoms with Crippen molar-refractivity contribution in [3.63, 3.8) is 0 Å². The van der Waals surface area contributed by atoms with Crippen molar-refractivity contribution in [1.82, 2.24) is 15.2 Å². The van der Waals surface area contributed by atoms with Gasteiger partial charge in [0.15, 0.2) is 0 Å². The summed E-state index contributed by atoms with van der Waals surface area (Å²) in [4.78, 5) is 3.89. The van der Waals surface area contributed by atoms with E-state index in [4.69, 9.17) is 11.0 Å². The molecule has 0 aliphatic heterocycles. The van der Waals surface area contributed by atoms with Crippen LogP contribution in [0.5, 0.6) is 0 Å². The van der Waals surface area contributed by atoms with Crippen LogP contribution in [0.25, 0.3) is 0 Å². The third-order valence-corrected chi connectivity index (χ3v) is 1.38. The average molecular weight is 151 g/mol. The fourth-order valence-electron chi connectivity index (χ4n) is 0.742. The Morgan fingerprint density at radius 2 is 2.55 bits per heavy atom. The molecular formula is C6H9N5. The number of anilines is 1. The van der Waals surface area contributed by atoms with Crippen LogP contribution in [0.1, 0.15) is 25.1 Å². The van der Waals surface area contributed by atoms with E-state index in [1.807, 2.05) is 13.0 Å². The lowest BCUT2D eigenvalue weighted by atomic mass is 10.1. The summed E-state index contributed by atoms with van der Waals surface area (Å²) < 4.78 is 0. The maximum atomic E-state index is 8.36. The van der Waals surface area contributed by atoms with Gasteiger partial charge in [0.1, 0.15) is 5.82 Å². The van der Waals surface area contributed by atoms with Gasteiger partial charge in [-0.2, -0.15) is 10.2 Å². The molecule has 1 aromatic rings. The number of nitrogen functional groups attached to an aromatic ring is 1. The molecule has 1 aromatic heterocycles. The summed E-state index contributed by atoms with van der Waals surface area (Å²) in [6.45, 7) is 1.89. The van der Waals surface area contributed by atoms with Gasteiger partial charge in [-0.1, -0.05) is 6.92 Å². The number of aromatic amines is 1. The zero-order chi connectivity index (χ0) is 8.27. The minimum Gasteiger partial charge on any atom is -0.367 e. The van der Waals surface area contributed by atoms with Gasteiger partial charge in [0.25, 0.3) is 0 Å². The van der Waals surface area contributed by atoms with Gasteiger partial charge < -0.3 is 5.73 Å². The molecule has 0 bridgehead atoms. The van der Waals surface area contributed by atoms with E-state index in [1.165, 1.54) is 0 Å². The fourth-order valence-corrected chi connectivity index (χ4v) is 0.742. The van der Waals surface area contributed by atoms with E-state index in [0.29, 0.717) is 12.2 Å². The zero-order valence-corrected chi connectivity index (χ0v) is 6.20. The van der Waals surface area contributed by atoms with Crippen molar-refractivity contribution in [3.8, 4) is 6.07 Å². The van der Waals surface area contributed by atoms with E-state index in [1.54, 1.807) is 0 Å². The van der Waals surface area contributed by atoms with Crippen LogP contribution >= 0.6 is 0 Å². The highest BCUT2D eigenvalue weighted by molar-refractivity contribution is 5.14. The van der Waals surface area contributed by atoms with Crippen LogP contribution in [0.15, 0.2) is 0 Å². The molecule has 3 N–H and O–H groups in total. The zero-order valence-electron chi connectivity index (χ0n) is 6.20. The molecule has 1 atom stereocenters. The molecule has 0 amide bonds. The average Bonchev–Trinajstić information content (AvgIpc) is 2.36. The number of H-pyrrole nitrogens is 1. The number of nitrogens with zero attached hydrogens (tertiary/aromatic N) is 3. The Bertz CT molecular complexity index is 271. The first-order valence-corrected chi connectivity index (χ1v) is 3.28. The van der Waals surface area contributed by atoms with Gasteiger partial charge in [0.2, 0.25) is 5.95 Å². The van der Waals surface area contributed by atoms with Crippen LogP contribution in [-0.2, 0) is 0 Å². The molecule has 0 saturated carbocycles. The predicted molar refractivity (Wildman–Crippen MR) is 39.4 cm³/mol. The van der Waals surface area contributed by atoms with Crippen molar-refractivity contribution >= 4 is 5.95 Å². The van der Waals surface area contributed by atoms with Crippen LogP contribution < -0.4 is 5.73 Å². The monoisotopic (exact) mass is 151 g/mol. The van der Waals surface area contributed by atoms with Crippen molar-refractivity contribution in [2.24, 2.45) is 0 Å². The molecule has 5 heteroatoms. The van der Waals surface area contributed by atoms with E-state index in [9.17, 15) is 0 Å². The number of hydrogen-bond acceptors (Lipinski definition) is 4. The minimum absolute atomic E-state index is 0.0739. The fraction of sp³-hybridized carbons (Fsp3) is 0.500. The van der Waals surface area contributed by atoms with Crippen molar-refractivity contribution < 1.29 is 0 Å². The largest absolute Gasteiger partial charge is 0.367 e.